The van der Waals surface area contributed by atoms with Gasteiger partial charge in [-0.05, 0) is 50.6 Å². The normalized spacial score (nSPS) is 20.4. The van der Waals surface area contributed by atoms with E-state index in [0.717, 1.165) is 48.1 Å². The monoisotopic (exact) mass is 492 g/mol. The molecule has 0 spiro atoms. The number of imide groups is 1. The lowest BCUT2D eigenvalue weighted by Gasteiger charge is -2.30. The van der Waals surface area contributed by atoms with Gasteiger partial charge in [0, 0.05) is 34.5 Å². The molecule has 1 unspecified atom stereocenters. The molecule has 0 bridgehead atoms. The topological polar surface area (TPSA) is 128 Å². The van der Waals surface area contributed by atoms with Crippen LogP contribution in [0.4, 0.5) is 24.5 Å². The fraction of sp³-hybridized carbons (Fsp3) is 0.391. The predicted molar refractivity (Wildman–Crippen MR) is 120 cm³/mol. The van der Waals surface area contributed by atoms with Crippen molar-refractivity contribution in [2.75, 3.05) is 23.3 Å². The number of hydrogen-bond acceptors (Lipinski definition) is 6. The van der Waals surface area contributed by atoms with E-state index in [1.165, 1.54) is 0 Å². The third-order valence-corrected chi connectivity index (χ3v) is 6.19. The minimum Gasteiger partial charge on any atom is -0.475 e. The summed E-state index contributed by atoms with van der Waals surface area (Å²) < 4.78 is 31.7. The fourth-order valence-electron chi connectivity index (χ4n) is 4.56. The van der Waals surface area contributed by atoms with Crippen molar-refractivity contribution in [3.05, 3.63) is 35.9 Å². The van der Waals surface area contributed by atoms with Crippen molar-refractivity contribution in [1.82, 2.24) is 10.6 Å². The van der Waals surface area contributed by atoms with Crippen LogP contribution in [0.1, 0.15) is 36.0 Å². The van der Waals surface area contributed by atoms with Gasteiger partial charge in [0.25, 0.3) is 5.91 Å². The van der Waals surface area contributed by atoms with Crippen LogP contribution in [-0.2, 0) is 14.4 Å². The van der Waals surface area contributed by atoms with Crippen molar-refractivity contribution in [3.8, 4) is 0 Å². The van der Waals surface area contributed by atoms with Gasteiger partial charge in [0.05, 0.1) is 5.69 Å². The van der Waals surface area contributed by atoms with Gasteiger partial charge in [-0.25, -0.2) is 4.79 Å². The summed E-state index contributed by atoms with van der Waals surface area (Å²) in [5, 5.41) is 18.4. The highest BCUT2D eigenvalue weighted by atomic mass is 19.4. The number of halogens is 3. The van der Waals surface area contributed by atoms with Crippen molar-refractivity contribution in [2.24, 2.45) is 0 Å². The number of alkyl halides is 3. The quantitative estimate of drug-likeness (QED) is 0.485. The number of piperidine rings is 2. The van der Waals surface area contributed by atoms with Crippen LogP contribution in [0, 0.1) is 0 Å². The molecule has 9 nitrogen and oxygen atoms in total. The average molecular weight is 492 g/mol. The zero-order chi connectivity index (χ0) is 25.3. The Morgan fingerprint density at radius 1 is 1.06 bits per heavy atom. The number of carboxylic acid groups (broad SMARTS) is 1. The van der Waals surface area contributed by atoms with Crippen LogP contribution in [0.2, 0.25) is 0 Å². The molecule has 4 N–H and O–H groups in total. The van der Waals surface area contributed by atoms with Gasteiger partial charge in [0.1, 0.15) is 6.04 Å². The van der Waals surface area contributed by atoms with Crippen LogP contribution in [0.3, 0.4) is 0 Å². The summed E-state index contributed by atoms with van der Waals surface area (Å²) in [7, 11) is 0. The SMILES string of the molecule is O=C(O)C(F)(F)F.O=C1CCC(N2C(=O)c3cccc4c(NC5CCNCC5)ccc2c34)C(=O)N1. The Balaban J connectivity index is 0.000000364. The highest BCUT2D eigenvalue weighted by Crippen LogP contribution is 2.42. The van der Waals surface area contributed by atoms with E-state index < -0.39 is 24.1 Å². The van der Waals surface area contributed by atoms with Crippen molar-refractivity contribution in [3.63, 3.8) is 0 Å². The predicted octanol–water partition coefficient (Wildman–Crippen LogP) is 2.40. The Morgan fingerprint density at radius 3 is 2.37 bits per heavy atom. The average Bonchev–Trinajstić information content (AvgIpc) is 3.09. The molecule has 0 aliphatic carbocycles. The van der Waals surface area contributed by atoms with Gasteiger partial charge in [-0.3, -0.25) is 24.6 Å². The number of carbonyl (C=O) groups is 4. The molecule has 12 heteroatoms. The van der Waals surface area contributed by atoms with Crippen LogP contribution in [0.15, 0.2) is 30.3 Å². The summed E-state index contributed by atoms with van der Waals surface area (Å²) in [6.07, 6.45) is -2.37. The van der Waals surface area contributed by atoms with Gasteiger partial charge in [-0.15, -0.1) is 0 Å². The van der Waals surface area contributed by atoms with Crippen LogP contribution in [-0.4, -0.2) is 60.1 Å². The molecule has 3 amide bonds. The molecule has 2 saturated heterocycles. The number of anilines is 2. The van der Waals surface area contributed by atoms with E-state index in [4.69, 9.17) is 9.90 Å². The lowest BCUT2D eigenvalue weighted by atomic mass is 10.0. The van der Waals surface area contributed by atoms with Gasteiger partial charge < -0.3 is 15.7 Å². The van der Waals surface area contributed by atoms with Crippen molar-refractivity contribution >= 4 is 45.8 Å². The van der Waals surface area contributed by atoms with E-state index in [0.29, 0.717) is 18.0 Å². The third-order valence-electron chi connectivity index (χ3n) is 6.19. The third kappa shape index (κ3) is 4.92. The minimum absolute atomic E-state index is 0.172. The maximum atomic E-state index is 13.1. The van der Waals surface area contributed by atoms with E-state index in [1.807, 2.05) is 30.3 Å². The molecule has 2 fully saturated rings. The van der Waals surface area contributed by atoms with Crippen molar-refractivity contribution < 1.29 is 37.5 Å². The second-order valence-electron chi connectivity index (χ2n) is 8.47. The summed E-state index contributed by atoms with van der Waals surface area (Å²) >= 11 is 0. The summed E-state index contributed by atoms with van der Waals surface area (Å²) in [4.78, 5) is 47.5. The number of carboxylic acids is 1. The van der Waals surface area contributed by atoms with E-state index in [2.05, 4.69) is 16.0 Å². The molecule has 3 aliphatic heterocycles. The highest BCUT2D eigenvalue weighted by molar-refractivity contribution is 6.28. The Bertz CT molecular complexity index is 1190. The number of amides is 3. The van der Waals surface area contributed by atoms with Gasteiger partial charge >= 0.3 is 12.1 Å². The maximum absolute atomic E-state index is 13.1. The first-order chi connectivity index (χ1) is 16.6. The Labute approximate surface area is 197 Å². The Kier molecular flexibility index (Phi) is 6.66. The highest BCUT2D eigenvalue weighted by Gasteiger charge is 2.41. The molecule has 3 heterocycles. The number of carbonyl (C=O) groups excluding carboxylic acids is 3. The van der Waals surface area contributed by atoms with E-state index >= 15 is 0 Å². The van der Waals surface area contributed by atoms with Crippen LogP contribution >= 0.6 is 0 Å². The van der Waals surface area contributed by atoms with Crippen LogP contribution in [0.5, 0.6) is 0 Å². The molecular formula is C23H23F3N4O5. The second kappa shape index (κ2) is 9.53. The lowest BCUT2D eigenvalue weighted by molar-refractivity contribution is -0.192. The number of hydrogen-bond donors (Lipinski definition) is 4. The number of rotatable bonds is 3. The number of aliphatic carboxylic acids is 1. The zero-order valence-corrected chi connectivity index (χ0v) is 18.4. The number of benzene rings is 2. The minimum atomic E-state index is -5.08. The van der Waals surface area contributed by atoms with Gasteiger partial charge in [-0.1, -0.05) is 12.1 Å². The van der Waals surface area contributed by atoms with Crippen molar-refractivity contribution in [1.29, 1.82) is 0 Å². The molecule has 5 rings (SSSR count). The first-order valence-corrected chi connectivity index (χ1v) is 11.1. The molecule has 0 radical (unpaired) electrons. The second-order valence-corrected chi connectivity index (χ2v) is 8.47. The molecule has 2 aromatic rings. The molecule has 186 valence electrons. The van der Waals surface area contributed by atoms with Gasteiger partial charge in [0.15, 0.2) is 0 Å². The van der Waals surface area contributed by atoms with Crippen LogP contribution < -0.4 is 20.9 Å². The Hall–Kier alpha value is -3.67. The molecule has 1 atom stereocenters. The standard InChI is InChI=1S/C21H22N4O3.C2HF3O2/c26-18-7-6-17(20(27)24-18)25-16-5-4-15(23-12-8-10-22-11-9-12)13-2-1-3-14(19(13)16)21(25)28;3-2(4,5)1(6)7/h1-5,12,17,22-23H,6-11H2,(H,24,26,27);(H,6,7). The zero-order valence-electron chi connectivity index (χ0n) is 18.4. The number of nitrogens with one attached hydrogen (secondary N) is 3. The summed E-state index contributed by atoms with van der Waals surface area (Å²) in [5.74, 6) is -3.61. The van der Waals surface area contributed by atoms with Crippen molar-refractivity contribution in [2.45, 2.75) is 43.9 Å². The maximum Gasteiger partial charge on any atom is 0.490 e. The van der Waals surface area contributed by atoms with E-state index in [1.54, 1.807) is 4.90 Å². The molecule has 35 heavy (non-hydrogen) atoms. The van der Waals surface area contributed by atoms with Crippen LogP contribution in [0.25, 0.3) is 10.8 Å². The summed E-state index contributed by atoms with van der Waals surface area (Å²) in [6, 6.07) is 9.40. The first-order valence-electron chi connectivity index (χ1n) is 11.1. The van der Waals surface area contributed by atoms with Gasteiger partial charge in [0.2, 0.25) is 11.8 Å². The molecule has 3 aliphatic rings. The van der Waals surface area contributed by atoms with E-state index in [9.17, 15) is 27.6 Å². The smallest absolute Gasteiger partial charge is 0.475 e. The molecule has 0 aromatic heterocycles. The molecule has 2 aromatic carbocycles. The molecule has 0 saturated carbocycles. The lowest BCUT2D eigenvalue weighted by Crippen LogP contribution is -2.53. The van der Waals surface area contributed by atoms with Gasteiger partial charge in [-0.2, -0.15) is 13.2 Å². The molecular weight excluding hydrogens is 469 g/mol. The largest absolute Gasteiger partial charge is 0.490 e. The first kappa shape index (κ1) is 24.5. The van der Waals surface area contributed by atoms with E-state index in [-0.39, 0.29) is 18.2 Å². The Morgan fingerprint density at radius 2 is 1.74 bits per heavy atom. The summed E-state index contributed by atoms with van der Waals surface area (Å²) in [5.41, 5.74) is 2.39. The fourth-order valence-corrected chi connectivity index (χ4v) is 4.56. The number of nitrogens with zero attached hydrogens (tertiary/aromatic N) is 1. The summed E-state index contributed by atoms with van der Waals surface area (Å²) in [6.45, 7) is 2.00.